The number of hydrogen-bond acceptors (Lipinski definition) is 3. The number of H-pyrrole nitrogens is 1. The van der Waals surface area contributed by atoms with Gasteiger partial charge in [0.2, 0.25) is 0 Å². The van der Waals surface area contributed by atoms with E-state index >= 15 is 0 Å². The number of fused-ring (bicyclic) bond motifs is 1. The van der Waals surface area contributed by atoms with Gasteiger partial charge in [0.05, 0.1) is 16.6 Å². The quantitative estimate of drug-likeness (QED) is 0.910. The standard InChI is InChI=1S/C19H27N3O2/c23-18-20-16-6-2-3-7-17(16)22(18)15-8-12-21(13-9-15)14-19(24)10-4-1-5-11-19/h2-3,6-7,15,24H,1,4-5,8-14H2,(H,20,23). The molecule has 2 N–H and O–H groups in total. The van der Waals surface area contributed by atoms with Crippen LogP contribution in [0.3, 0.4) is 0 Å². The summed E-state index contributed by atoms with van der Waals surface area (Å²) in [7, 11) is 0. The Balaban J connectivity index is 1.44. The van der Waals surface area contributed by atoms with Crippen LogP contribution in [0.15, 0.2) is 29.1 Å². The highest BCUT2D eigenvalue weighted by molar-refractivity contribution is 5.75. The van der Waals surface area contributed by atoms with Crippen LogP contribution in [0.5, 0.6) is 0 Å². The Morgan fingerprint density at radius 3 is 2.58 bits per heavy atom. The fraction of sp³-hybridized carbons (Fsp3) is 0.632. The van der Waals surface area contributed by atoms with Gasteiger partial charge in [0.25, 0.3) is 0 Å². The summed E-state index contributed by atoms with van der Waals surface area (Å²) < 4.78 is 1.93. The molecule has 0 unspecified atom stereocenters. The fourth-order valence-electron chi connectivity index (χ4n) is 4.56. The predicted octanol–water partition coefficient (Wildman–Crippen LogP) is 2.66. The summed E-state index contributed by atoms with van der Waals surface area (Å²) in [6.45, 7) is 2.71. The van der Waals surface area contributed by atoms with E-state index in [-0.39, 0.29) is 11.7 Å². The summed E-state index contributed by atoms with van der Waals surface area (Å²) in [5.41, 5.74) is 1.44. The zero-order chi connectivity index (χ0) is 16.6. The lowest BCUT2D eigenvalue weighted by molar-refractivity contribution is -0.0321. The number of benzene rings is 1. The van der Waals surface area contributed by atoms with Gasteiger partial charge in [-0.05, 0) is 37.8 Å². The number of piperidine rings is 1. The third-order valence-electron chi connectivity index (χ3n) is 5.85. The number of nitrogens with one attached hydrogen (secondary N) is 1. The Morgan fingerprint density at radius 2 is 1.83 bits per heavy atom. The highest BCUT2D eigenvalue weighted by Gasteiger charge is 2.33. The number of likely N-dealkylation sites (tertiary alicyclic amines) is 1. The molecule has 2 fully saturated rings. The maximum atomic E-state index is 12.3. The molecule has 1 aliphatic carbocycles. The first-order valence-corrected chi connectivity index (χ1v) is 9.29. The van der Waals surface area contributed by atoms with Gasteiger partial charge in [0.15, 0.2) is 0 Å². The van der Waals surface area contributed by atoms with Crippen molar-refractivity contribution in [2.24, 2.45) is 0 Å². The van der Waals surface area contributed by atoms with E-state index < -0.39 is 5.60 Å². The van der Waals surface area contributed by atoms with Gasteiger partial charge in [-0.1, -0.05) is 31.4 Å². The molecule has 2 aromatic rings. The van der Waals surface area contributed by atoms with E-state index in [0.717, 1.165) is 69.2 Å². The maximum Gasteiger partial charge on any atom is 0.326 e. The highest BCUT2D eigenvalue weighted by atomic mass is 16.3. The van der Waals surface area contributed by atoms with E-state index in [1.54, 1.807) is 0 Å². The number of hydrogen-bond donors (Lipinski definition) is 2. The van der Waals surface area contributed by atoms with Crippen molar-refractivity contribution >= 4 is 11.0 Å². The number of aromatic amines is 1. The molecule has 4 rings (SSSR count). The van der Waals surface area contributed by atoms with Crippen molar-refractivity contribution in [2.75, 3.05) is 19.6 Å². The maximum absolute atomic E-state index is 12.3. The van der Waals surface area contributed by atoms with Gasteiger partial charge in [-0.25, -0.2) is 4.79 Å². The lowest BCUT2D eigenvalue weighted by atomic mass is 9.84. The van der Waals surface area contributed by atoms with Crippen LogP contribution >= 0.6 is 0 Å². The van der Waals surface area contributed by atoms with Crippen LogP contribution in [0.25, 0.3) is 11.0 Å². The van der Waals surface area contributed by atoms with Crippen molar-refractivity contribution < 1.29 is 5.11 Å². The van der Waals surface area contributed by atoms with Gasteiger partial charge < -0.3 is 15.0 Å². The Labute approximate surface area is 142 Å². The zero-order valence-corrected chi connectivity index (χ0v) is 14.2. The molecule has 1 aromatic carbocycles. The van der Waals surface area contributed by atoms with Crippen molar-refractivity contribution in [1.82, 2.24) is 14.5 Å². The Hall–Kier alpha value is -1.59. The summed E-state index contributed by atoms with van der Waals surface area (Å²) in [5.74, 6) is 0. The number of imidazole rings is 1. The average Bonchev–Trinajstić information content (AvgIpc) is 2.92. The summed E-state index contributed by atoms with van der Waals surface area (Å²) in [6, 6.07) is 8.17. The molecule has 2 heterocycles. The molecule has 1 aromatic heterocycles. The smallest absolute Gasteiger partial charge is 0.326 e. The molecule has 0 atom stereocenters. The lowest BCUT2D eigenvalue weighted by Gasteiger charge is -2.40. The van der Waals surface area contributed by atoms with Crippen LogP contribution in [0, 0.1) is 0 Å². The first-order valence-electron chi connectivity index (χ1n) is 9.29. The molecule has 1 saturated heterocycles. The minimum atomic E-state index is -0.483. The van der Waals surface area contributed by atoms with Crippen LogP contribution in [0.4, 0.5) is 0 Å². The average molecular weight is 329 g/mol. The molecule has 24 heavy (non-hydrogen) atoms. The molecule has 1 saturated carbocycles. The number of β-amino-alcohol motifs (C(OH)–C–C–N with tert-alkyl or cyclic N) is 1. The van der Waals surface area contributed by atoms with E-state index in [2.05, 4.69) is 9.88 Å². The van der Waals surface area contributed by atoms with E-state index in [0.29, 0.717) is 0 Å². The second kappa shape index (κ2) is 6.37. The van der Waals surface area contributed by atoms with Crippen molar-refractivity contribution in [2.45, 2.75) is 56.6 Å². The molecule has 0 spiro atoms. The third-order valence-corrected chi connectivity index (χ3v) is 5.85. The number of aliphatic hydroxyl groups is 1. The van der Waals surface area contributed by atoms with Crippen LogP contribution in [-0.4, -0.2) is 44.8 Å². The summed E-state index contributed by atoms with van der Waals surface area (Å²) in [5, 5.41) is 10.8. The number of aromatic nitrogens is 2. The number of para-hydroxylation sites is 2. The molecule has 0 amide bonds. The molecule has 130 valence electrons. The van der Waals surface area contributed by atoms with Gasteiger partial charge in [-0.15, -0.1) is 0 Å². The van der Waals surface area contributed by atoms with Gasteiger partial charge in [-0.2, -0.15) is 0 Å². The topological polar surface area (TPSA) is 61.3 Å². The Bertz CT molecular complexity index is 749. The summed E-state index contributed by atoms with van der Waals surface area (Å²) >= 11 is 0. The summed E-state index contributed by atoms with van der Waals surface area (Å²) in [4.78, 5) is 17.7. The van der Waals surface area contributed by atoms with E-state index in [1.807, 2.05) is 28.8 Å². The molecule has 2 aliphatic rings. The first kappa shape index (κ1) is 15.9. The minimum absolute atomic E-state index is 0.000518. The fourth-order valence-corrected chi connectivity index (χ4v) is 4.56. The SMILES string of the molecule is O=c1[nH]c2ccccc2n1C1CCN(CC2(O)CCCCC2)CC1. The molecule has 5 heteroatoms. The van der Waals surface area contributed by atoms with Crippen molar-refractivity contribution in [3.05, 3.63) is 34.7 Å². The monoisotopic (exact) mass is 329 g/mol. The molecule has 0 radical (unpaired) electrons. The Kier molecular flexibility index (Phi) is 4.22. The van der Waals surface area contributed by atoms with Crippen LogP contribution in [0.1, 0.15) is 51.0 Å². The Morgan fingerprint density at radius 1 is 1.12 bits per heavy atom. The molecule has 5 nitrogen and oxygen atoms in total. The van der Waals surface area contributed by atoms with Gasteiger partial charge >= 0.3 is 5.69 Å². The van der Waals surface area contributed by atoms with Gasteiger partial charge in [0.1, 0.15) is 0 Å². The molecular weight excluding hydrogens is 302 g/mol. The van der Waals surface area contributed by atoms with Crippen LogP contribution < -0.4 is 5.69 Å². The largest absolute Gasteiger partial charge is 0.389 e. The number of rotatable bonds is 3. The zero-order valence-electron chi connectivity index (χ0n) is 14.2. The van der Waals surface area contributed by atoms with Crippen molar-refractivity contribution in [3.63, 3.8) is 0 Å². The minimum Gasteiger partial charge on any atom is -0.389 e. The summed E-state index contributed by atoms with van der Waals surface area (Å²) in [6.07, 6.45) is 7.38. The third kappa shape index (κ3) is 3.03. The lowest BCUT2D eigenvalue weighted by Crippen LogP contribution is -2.47. The van der Waals surface area contributed by atoms with Gasteiger partial charge in [0, 0.05) is 25.7 Å². The molecular formula is C19H27N3O2. The van der Waals surface area contributed by atoms with E-state index in [4.69, 9.17) is 0 Å². The highest BCUT2D eigenvalue weighted by Crippen LogP contribution is 2.31. The van der Waals surface area contributed by atoms with Gasteiger partial charge in [-0.3, -0.25) is 4.57 Å². The second-order valence-electron chi connectivity index (χ2n) is 7.61. The van der Waals surface area contributed by atoms with E-state index in [9.17, 15) is 9.90 Å². The second-order valence-corrected chi connectivity index (χ2v) is 7.61. The normalized spacial score (nSPS) is 22.9. The number of nitrogens with zero attached hydrogens (tertiary/aromatic N) is 2. The van der Waals surface area contributed by atoms with Crippen molar-refractivity contribution in [3.8, 4) is 0 Å². The van der Waals surface area contributed by atoms with Crippen molar-refractivity contribution in [1.29, 1.82) is 0 Å². The van der Waals surface area contributed by atoms with Crippen LogP contribution in [0.2, 0.25) is 0 Å². The van der Waals surface area contributed by atoms with Crippen LogP contribution in [-0.2, 0) is 0 Å². The predicted molar refractivity (Wildman–Crippen MR) is 95.3 cm³/mol. The first-order chi connectivity index (χ1) is 11.6. The van der Waals surface area contributed by atoms with E-state index in [1.165, 1.54) is 6.42 Å². The molecule has 0 bridgehead atoms. The molecule has 1 aliphatic heterocycles.